The van der Waals surface area contributed by atoms with E-state index in [-0.39, 0.29) is 0 Å². The maximum atomic E-state index is 5.11. The van der Waals surface area contributed by atoms with E-state index in [1.54, 1.807) is 0 Å². The van der Waals surface area contributed by atoms with E-state index < -0.39 is 0 Å². The van der Waals surface area contributed by atoms with Crippen molar-refractivity contribution in [2.24, 2.45) is 0 Å². The molecule has 0 radical (unpaired) electrons. The van der Waals surface area contributed by atoms with E-state index in [9.17, 15) is 0 Å². The number of aromatic nitrogens is 3. The van der Waals surface area contributed by atoms with Crippen LogP contribution in [0.5, 0.6) is 0 Å². The molecule has 1 heterocycles. The lowest BCUT2D eigenvalue weighted by atomic mass is 9.86. The molecule has 0 spiro atoms. The molecule has 0 saturated carbocycles. The monoisotopic (exact) mass is 561 g/mol. The molecule has 206 valence electrons. The van der Waals surface area contributed by atoms with Gasteiger partial charge in [-0.05, 0) is 44.3 Å². The average Bonchev–Trinajstić information content (AvgIpc) is 3.12. The molecule has 1 aromatic heterocycles. The summed E-state index contributed by atoms with van der Waals surface area (Å²) < 4.78 is 0. The predicted octanol–water partition coefficient (Wildman–Crippen LogP) is 10.5. The fourth-order valence-electron chi connectivity index (χ4n) is 6.09. The maximum Gasteiger partial charge on any atom is 0.164 e. The zero-order chi connectivity index (χ0) is 29.3. The van der Waals surface area contributed by atoms with Gasteiger partial charge in [-0.2, -0.15) is 0 Å². The Morgan fingerprint density at radius 3 is 1.41 bits per heavy atom. The third-order valence-corrected chi connectivity index (χ3v) is 8.13. The van der Waals surface area contributed by atoms with Gasteiger partial charge in [0.1, 0.15) is 0 Å². The van der Waals surface area contributed by atoms with Crippen LogP contribution in [0.3, 0.4) is 0 Å². The van der Waals surface area contributed by atoms with E-state index in [0.29, 0.717) is 17.5 Å². The van der Waals surface area contributed by atoms with Gasteiger partial charge in [-0.1, -0.05) is 158 Å². The molecule has 3 nitrogen and oxygen atoms in total. The molecule has 0 aliphatic rings. The summed E-state index contributed by atoms with van der Waals surface area (Å²) in [7, 11) is 0. The van der Waals surface area contributed by atoms with Gasteiger partial charge in [0, 0.05) is 22.3 Å². The summed E-state index contributed by atoms with van der Waals surface area (Å²) in [6.07, 6.45) is 0. The fourth-order valence-corrected chi connectivity index (χ4v) is 6.09. The first-order chi connectivity index (χ1) is 21.8. The minimum atomic E-state index is 0.642. The quantitative estimate of drug-likeness (QED) is 0.196. The molecule has 0 saturated heterocycles. The molecule has 3 heteroatoms. The molecule has 0 atom stereocenters. The first-order valence-corrected chi connectivity index (χ1v) is 14.8. The van der Waals surface area contributed by atoms with Gasteiger partial charge < -0.3 is 0 Å². The number of hydrogen-bond donors (Lipinski definition) is 0. The first kappa shape index (κ1) is 25.8. The van der Waals surface area contributed by atoms with Crippen LogP contribution >= 0.6 is 0 Å². The third kappa shape index (κ3) is 4.61. The van der Waals surface area contributed by atoms with E-state index in [1.807, 2.05) is 60.7 Å². The molecule has 0 bridgehead atoms. The number of fused-ring (bicyclic) bond motifs is 3. The second-order valence-electron chi connectivity index (χ2n) is 10.8. The van der Waals surface area contributed by atoms with E-state index in [1.165, 1.54) is 27.1 Å². The Labute approximate surface area is 256 Å². The molecule has 44 heavy (non-hydrogen) atoms. The molecule has 0 N–H and O–H groups in total. The van der Waals surface area contributed by atoms with Crippen molar-refractivity contribution in [1.29, 1.82) is 0 Å². The second kappa shape index (κ2) is 11.0. The lowest BCUT2D eigenvalue weighted by Gasteiger charge is -2.18. The number of rotatable bonds is 5. The third-order valence-electron chi connectivity index (χ3n) is 8.13. The molecule has 7 aromatic carbocycles. The average molecular weight is 562 g/mol. The van der Waals surface area contributed by atoms with E-state index in [4.69, 9.17) is 15.0 Å². The van der Waals surface area contributed by atoms with E-state index in [2.05, 4.69) is 103 Å². The molecule has 0 aliphatic heterocycles. The summed E-state index contributed by atoms with van der Waals surface area (Å²) in [6, 6.07) is 56.9. The summed E-state index contributed by atoms with van der Waals surface area (Å²) in [6.45, 7) is 0. The SMILES string of the molecule is c1ccc(-c2nc(-c3ccccc3)nc(-c3cccc(-c4cc5ccccc5c5ccccc45)c3-c3ccccc3)n2)cc1. The Morgan fingerprint density at radius 1 is 0.295 bits per heavy atom. The van der Waals surface area contributed by atoms with Crippen LogP contribution in [0.2, 0.25) is 0 Å². The van der Waals surface area contributed by atoms with Crippen molar-refractivity contribution >= 4 is 21.5 Å². The maximum absolute atomic E-state index is 5.11. The largest absolute Gasteiger partial charge is 0.208 e. The van der Waals surface area contributed by atoms with Crippen LogP contribution in [-0.2, 0) is 0 Å². The van der Waals surface area contributed by atoms with Crippen molar-refractivity contribution in [3.05, 3.63) is 164 Å². The van der Waals surface area contributed by atoms with Crippen LogP contribution in [-0.4, -0.2) is 15.0 Å². The smallest absolute Gasteiger partial charge is 0.164 e. The van der Waals surface area contributed by atoms with Gasteiger partial charge in [0.2, 0.25) is 0 Å². The van der Waals surface area contributed by atoms with Crippen LogP contribution < -0.4 is 0 Å². The van der Waals surface area contributed by atoms with Gasteiger partial charge in [-0.15, -0.1) is 0 Å². The number of nitrogens with zero attached hydrogens (tertiary/aromatic N) is 3. The summed E-state index contributed by atoms with van der Waals surface area (Å²) >= 11 is 0. The van der Waals surface area contributed by atoms with Gasteiger partial charge in [-0.3, -0.25) is 0 Å². The van der Waals surface area contributed by atoms with Crippen molar-refractivity contribution in [1.82, 2.24) is 15.0 Å². The van der Waals surface area contributed by atoms with E-state index >= 15 is 0 Å². The lowest BCUT2D eigenvalue weighted by Crippen LogP contribution is -2.01. The topological polar surface area (TPSA) is 38.7 Å². The molecule has 8 aromatic rings. The predicted molar refractivity (Wildman–Crippen MR) is 182 cm³/mol. The van der Waals surface area contributed by atoms with Crippen molar-refractivity contribution in [2.45, 2.75) is 0 Å². The summed E-state index contributed by atoms with van der Waals surface area (Å²) in [5, 5.41) is 4.92. The highest BCUT2D eigenvalue weighted by atomic mass is 15.0. The standard InChI is InChI=1S/C41H27N3/c1-4-15-28(16-5-1)38-35(37-27-31-21-10-11-22-32(31)33-23-12-13-24-34(33)37)25-14-26-36(38)41-43-39(29-17-6-2-7-18-29)42-40(44-41)30-19-8-3-9-20-30/h1-27H. The normalized spacial score (nSPS) is 11.2. The highest BCUT2D eigenvalue weighted by Crippen LogP contribution is 2.43. The molecule has 8 rings (SSSR count). The zero-order valence-electron chi connectivity index (χ0n) is 23.9. The number of hydrogen-bond acceptors (Lipinski definition) is 3. The van der Waals surface area contributed by atoms with Crippen molar-refractivity contribution in [3.8, 4) is 56.4 Å². The van der Waals surface area contributed by atoms with Gasteiger partial charge >= 0.3 is 0 Å². The van der Waals surface area contributed by atoms with Crippen LogP contribution in [0.1, 0.15) is 0 Å². The van der Waals surface area contributed by atoms with Gasteiger partial charge in [-0.25, -0.2) is 15.0 Å². The lowest BCUT2D eigenvalue weighted by molar-refractivity contribution is 1.07. The molecular weight excluding hydrogens is 534 g/mol. The molecule has 0 aliphatic carbocycles. The molecule has 0 unspecified atom stereocenters. The molecule has 0 amide bonds. The first-order valence-electron chi connectivity index (χ1n) is 14.8. The Balaban J connectivity index is 1.45. The minimum Gasteiger partial charge on any atom is -0.208 e. The van der Waals surface area contributed by atoms with Crippen LogP contribution in [0.25, 0.3) is 78.0 Å². The highest BCUT2D eigenvalue weighted by molar-refractivity contribution is 6.15. The molecule has 0 fully saturated rings. The van der Waals surface area contributed by atoms with Gasteiger partial charge in [0.15, 0.2) is 17.5 Å². The van der Waals surface area contributed by atoms with Crippen molar-refractivity contribution in [3.63, 3.8) is 0 Å². The minimum absolute atomic E-state index is 0.642. The van der Waals surface area contributed by atoms with Crippen molar-refractivity contribution in [2.75, 3.05) is 0 Å². The van der Waals surface area contributed by atoms with E-state index in [0.717, 1.165) is 33.4 Å². The highest BCUT2D eigenvalue weighted by Gasteiger charge is 2.20. The van der Waals surface area contributed by atoms with Crippen molar-refractivity contribution < 1.29 is 0 Å². The Hall–Kier alpha value is -5.93. The van der Waals surface area contributed by atoms with Gasteiger partial charge in [0.05, 0.1) is 0 Å². The number of benzene rings is 7. The summed E-state index contributed by atoms with van der Waals surface area (Å²) in [5.41, 5.74) is 7.38. The fraction of sp³-hybridized carbons (Fsp3) is 0. The van der Waals surface area contributed by atoms with Gasteiger partial charge in [0.25, 0.3) is 0 Å². The van der Waals surface area contributed by atoms with Crippen LogP contribution in [0.4, 0.5) is 0 Å². The van der Waals surface area contributed by atoms with Crippen LogP contribution in [0.15, 0.2) is 164 Å². The zero-order valence-corrected chi connectivity index (χ0v) is 23.9. The summed E-state index contributed by atoms with van der Waals surface area (Å²) in [5.74, 6) is 1.94. The second-order valence-corrected chi connectivity index (χ2v) is 10.8. The molecular formula is C41H27N3. The van der Waals surface area contributed by atoms with Crippen LogP contribution in [0, 0.1) is 0 Å². The Bertz CT molecular complexity index is 2200. The Morgan fingerprint density at radius 2 is 0.773 bits per heavy atom. The summed E-state index contributed by atoms with van der Waals surface area (Å²) in [4.78, 5) is 15.2. The Kier molecular flexibility index (Phi) is 6.47.